The van der Waals surface area contributed by atoms with Crippen LogP contribution in [0, 0.1) is 46.3 Å². The van der Waals surface area contributed by atoms with Crippen molar-refractivity contribution in [2.24, 2.45) is 46.3 Å². The molecule has 352 valence electrons. The van der Waals surface area contributed by atoms with E-state index >= 15 is 0 Å². The lowest BCUT2D eigenvalue weighted by atomic mass is 9.47. The molecule has 9 atom stereocenters. The van der Waals surface area contributed by atoms with Gasteiger partial charge in [-0.3, -0.25) is 14.7 Å². The number of nitrogens with zero attached hydrogens (tertiary/aromatic N) is 3. The fourth-order valence-corrected chi connectivity index (χ4v) is 12.2. The molecule has 4 aliphatic rings. The largest absolute Gasteiger partial charge is 0.549 e. The molecular weight excluding hydrogens is 801 g/mol. The minimum absolute atomic E-state index is 0.00346. The van der Waals surface area contributed by atoms with Crippen molar-refractivity contribution in [3.63, 3.8) is 0 Å². The molecule has 4 rings (SSSR count). The van der Waals surface area contributed by atoms with Crippen molar-refractivity contribution in [1.29, 1.82) is 0 Å². The van der Waals surface area contributed by atoms with Crippen LogP contribution in [0.4, 0.5) is 4.79 Å². The quantitative estimate of drug-likeness (QED) is 0.0793. The van der Waals surface area contributed by atoms with E-state index in [0.29, 0.717) is 23.7 Å². The normalized spacial score (nSPS) is 27.8. The highest BCUT2D eigenvalue weighted by atomic mass is 16.6. The molecule has 3 saturated carbocycles. The Morgan fingerprint density at radius 1 is 0.726 bits per heavy atom. The van der Waals surface area contributed by atoms with Gasteiger partial charge in [-0.1, -0.05) is 65.5 Å². The summed E-state index contributed by atoms with van der Waals surface area (Å²) < 4.78 is 5.92. The molecule has 9 unspecified atom stereocenters. The maximum absolute atomic E-state index is 13.0. The SMILES string of the molecule is CC(C)CCCC(C)C1CCC2C3CC=C4CC(OC(=O)NCCCCC(C(=O)[O-])N(CCN(CC(=O)[O-])CC(=O)[O-])CCN(CC(=O)[O-])CC(=O)[O-])CCC4(C)C3CCC12C. The Morgan fingerprint density at radius 2 is 1.32 bits per heavy atom. The molecule has 0 radical (unpaired) electrons. The minimum atomic E-state index is -1.57. The van der Waals surface area contributed by atoms with Gasteiger partial charge >= 0.3 is 6.09 Å². The van der Waals surface area contributed by atoms with Crippen LogP contribution in [0.25, 0.3) is 0 Å². The second-order valence-corrected chi connectivity index (χ2v) is 19.8. The van der Waals surface area contributed by atoms with E-state index in [0.717, 1.165) is 59.2 Å². The second kappa shape index (κ2) is 23.3. The molecule has 0 aromatic heterocycles. The van der Waals surface area contributed by atoms with Crippen LogP contribution in [0.3, 0.4) is 0 Å². The van der Waals surface area contributed by atoms with Crippen LogP contribution in [0.1, 0.15) is 125 Å². The summed E-state index contributed by atoms with van der Waals surface area (Å²) >= 11 is 0. The lowest BCUT2D eigenvalue weighted by Crippen LogP contribution is -2.54. The highest BCUT2D eigenvalue weighted by molar-refractivity contribution is 5.72. The van der Waals surface area contributed by atoms with Gasteiger partial charge in [0.15, 0.2) is 0 Å². The zero-order valence-corrected chi connectivity index (χ0v) is 37.7. The first-order valence-corrected chi connectivity index (χ1v) is 23.1. The van der Waals surface area contributed by atoms with E-state index in [2.05, 4.69) is 46.0 Å². The van der Waals surface area contributed by atoms with Gasteiger partial charge in [0.05, 0.1) is 29.8 Å². The van der Waals surface area contributed by atoms with E-state index < -0.39 is 68.2 Å². The number of hydrogen-bond donors (Lipinski definition) is 1. The molecule has 62 heavy (non-hydrogen) atoms. The number of unbranched alkanes of at least 4 members (excludes halogenated alkanes) is 1. The second-order valence-electron chi connectivity index (χ2n) is 19.8. The summed E-state index contributed by atoms with van der Waals surface area (Å²) in [5, 5.41) is 60.0. The number of amides is 1. The monoisotopic (exact) mass is 872 g/mol. The van der Waals surface area contributed by atoms with Crippen LogP contribution >= 0.6 is 0 Å². The summed E-state index contributed by atoms with van der Waals surface area (Å²) in [5.41, 5.74) is 1.95. The van der Waals surface area contributed by atoms with Crippen molar-refractivity contribution < 1.29 is 59.0 Å². The number of ether oxygens (including phenoxy) is 1. The van der Waals surface area contributed by atoms with Gasteiger partial charge in [-0.2, -0.15) is 0 Å². The number of fused-ring (bicyclic) bond motifs is 5. The summed E-state index contributed by atoms with van der Waals surface area (Å²) in [6.07, 6.45) is 15.2. The third kappa shape index (κ3) is 14.1. The van der Waals surface area contributed by atoms with Crippen LogP contribution in [0.5, 0.6) is 0 Å². The maximum Gasteiger partial charge on any atom is 0.407 e. The first-order chi connectivity index (χ1) is 29.2. The van der Waals surface area contributed by atoms with Gasteiger partial charge < -0.3 is 59.6 Å². The van der Waals surface area contributed by atoms with Crippen molar-refractivity contribution in [3.8, 4) is 0 Å². The molecule has 0 bridgehead atoms. The minimum Gasteiger partial charge on any atom is -0.549 e. The molecule has 3 fully saturated rings. The molecule has 0 saturated heterocycles. The first-order valence-electron chi connectivity index (χ1n) is 23.1. The molecule has 4 aliphatic carbocycles. The van der Waals surface area contributed by atoms with Crippen LogP contribution in [-0.2, 0) is 28.7 Å². The van der Waals surface area contributed by atoms with Crippen LogP contribution in [-0.4, -0.2) is 122 Å². The molecule has 0 spiro atoms. The standard InChI is InChI=1S/C46H76N4O12/c1-30(2)9-8-10-31(3)35-14-15-36-34-13-12-32-25-33(16-18-45(32,4)37(34)17-19-46(35,36)5)62-44(61)47-20-7-6-11-38(43(59)60)50(23-21-48(26-39(51)52)27-40(53)54)24-22-49(28-41(55)56)29-42(57)58/h12,30-31,33-38H,6-11,13-29H2,1-5H3,(H,47,61)(H,51,52)(H,53,54)(H,55,56)(H,57,58)(H,59,60)/p-5. The average molecular weight is 872 g/mol. The number of aliphatic carboxylic acids is 5. The maximum atomic E-state index is 13.0. The fraction of sp³-hybridized carbons (Fsp3) is 0.826. The van der Waals surface area contributed by atoms with Gasteiger partial charge in [-0.25, -0.2) is 4.79 Å². The van der Waals surface area contributed by atoms with E-state index in [4.69, 9.17) is 4.74 Å². The summed E-state index contributed by atoms with van der Waals surface area (Å²) in [7, 11) is 0. The van der Waals surface area contributed by atoms with Gasteiger partial charge in [-0.05, 0) is 111 Å². The Labute approximate surface area is 367 Å². The van der Waals surface area contributed by atoms with Crippen molar-refractivity contribution in [3.05, 3.63) is 11.6 Å². The number of carbonyl (C=O) groups is 6. The Morgan fingerprint density at radius 3 is 1.87 bits per heavy atom. The molecule has 0 aliphatic heterocycles. The first kappa shape index (κ1) is 50.9. The van der Waals surface area contributed by atoms with Crippen molar-refractivity contribution in [1.82, 2.24) is 20.0 Å². The summed E-state index contributed by atoms with van der Waals surface area (Å²) in [6.45, 7) is 8.37. The number of hydrogen-bond acceptors (Lipinski definition) is 15. The molecule has 1 amide bonds. The molecule has 16 heteroatoms. The third-order valence-corrected chi connectivity index (χ3v) is 15.2. The molecular formula is C46H71N4O12-5. The van der Waals surface area contributed by atoms with Crippen molar-refractivity contribution >= 4 is 35.9 Å². The van der Waals surface area contributed by atoms with Gasteiger partial charge in [0.25, 0.3) is 0 Å². The van der Waals surface area contributed by atoms with E-state index in [-0.39, 0.29) is 57.1 Å². The smallest absolute Gasteiger partial charge is 0.407 e. The van der Waals surface area contributed by atoms with Gasteiger partial charge in [-0.15, -0.1) is 0 Å². The number of carboxylic acid groups (broad SMARTS) is 5. The fourth-order valence-electron chi connectivity index (χ4n) is 12.2. The van der Waals surface area contributed by atoms with E-state index in [1.165, 1.54) is 55.4 Å². The molecule has 0 heterocycles. The van der Waals surface area contributed by atoms with Gasteiger partial charge in [0.1, 0.15) is 6.10 Å². The molecule has 0 aromatic carbocycles. The van der Waals surface area contributed by atoms with Crippen LogP contribution < -0.4 is 30.8 Å². The summed E-state index contributed by atoms with van der Waals surface area (Å²) in [5.74, 6) is -3.32. The predicted molar refractivity (Wildman–Crippen MR) is 218 cm³/mol. The molecule has 16 nitrogen and oxygen atoms in total. The Bertz CT molecular complexity index is 1520. The van der Waals surface area contributed by atoms with Gasteiger partial charge in [0.2, 0.25) is 0 Å². The summed E-state index contributed by atoms with van der Waals surface area (Å²) in [4.78, 5) is 73.5. The van der Waals surface area contributed by atoms with E-state index in [1.807, 2.05) is 0 Å². The Balaban J connectivity index is 1.28. The molecule has 1 N–H and O–H groups in total. The summed E-state index contributed by atoms with van der Waals surface area (Å²) in [6, 6.07) is -1.31. The number of carboxylic acids is 5. The third-order valence-electron chi connectivity index (χ3n) is 15.2. The Kier molecular flexibility index (Phi) is 19.1. The number of alkyl carbamates (subject to hydrolysis) is 1. The number of allylic oxidation sites excluding steroid dienone is 1. The van der Waals surface area contributed by atoms with Crippen LogP contribution in [0.15, 0.2) is 11.6 Å². The lowest BCUT2D eigenvalue weighted by Gasteiger charge is -2.58. The molecule has 0 aromatic rings. The highest BCUT2D eigenvalue weighted by Crippen LogP contribution is 2.67. The zero-order chi connectivity index (χ0) is 45.8. The zero-order valence-electron chi connectivity index (χ0n) is 37.7. The van der Waals surface area contributed by atoms with Crippen molar-refractivity contribution in [2.75, 3.05) is 58.9 Å². The van der Waals surface area contributed by atoms with Gasteiger partial charge in [0, 0.05) is 71.4 Å². The average Bonchev–Trinajstić information content (AvgIpc) is 3.52. The number of carbonyl (C=O) groups excluding carboxylic acids is 6. The highest BCUT2D eigenvalue weighted by Gasteiger charge is 2.59. The Hall–Kier alpha value is -3.76. The predicted octanol–water partition coefficient (Wildman–Crippen LogP) is -0.683. The van der Waals surface area contributed by atoms with E-state index in [1.54, 1.807) is 0 Å². The number of nitrogens with one attached hydrogen (secondary N) is 1. The lowest BCUT2D eigenvalue weighted by molar-refractivity contribution is -0.314. The van der Waals surface area contributed by atoms with Crippen molar-refractivity contribution in [2.45, 2.75) is 137 Å². The van der Waals surface area contributed by atoms with E-state index in [9.17, 15) is 54.3 Å². The number of rotatable bonds is 27. The van der Waals surface area contributed by atoms with Crippen LogP contribution in [0.2, 0.25) is 0 Å². The topological polar surface area (TPSA) is 249 Å².